The summed E-state index contributed by atoms with van der Waals surface area (Å²) in [5.41, 5.74) is 10.1. The maximum Gasteiger partial charge on any atom is 0.128 e. The van der Waals surface area contributed by atoms with Crippen molar-refractivity contribution in [3.8, 4) is 5.75 Å². The third kappa shape index (κ3) is 8.39. The number of anilines is 1. The van der Waals surface area contributed by atoms with Crippen LogP contribution in [-0.4, -0.2) is 17.5 Å². The Morgan fingerprint density at radius 3 is 2.46 bits per heavy atom. The Bertz CT molecular complexity index is 736. The van der Waals surface area contributed by atoms with Crippen LogP contribution >= 0.6 is 11.8 Å². The quantitative estimate of drug-likeness (QED) is 0.311. The van der Waals surface area contributed by atoms with Gasteiger partial charge in [-0.05, 0) is 52.3 Å². The summed E-state index contributed by atoms with van der Waals surface area (Å²) < 4.78 is 5.90. The van der Waals surface area contributed by atoms with Crippen LogP contribution in [-0.2, 0) is 0 Å². The molecule has 0 aliphatic carbocycles. The average Bonchev–Trinajstić information content (AvgIpc) is 2.67. The van der Waals surface area contributed by atoms with Crippen LogP contribution < -0.4 is 10.5 Å². The van der Waals surface area contributed by atoms with E-state index in [-0.39, 0.29) is 1.43 Å². The first-order chi connectivity index (χ1) is 13.4. The summed E-state index contributed by atoms with van der Waals surface area (Å²) in [5, 5.41) is 0.467. The van der Waals surface area contributed by atoms with Gasteiger partial charge in [0.1, 0.15) is 11.5 Å². The van der Waals surface area contributed by atoms with Crippen LogP contribution in [0.5, 0.6) is 5.75 Å². The SMILES string of the molecule is CC.CC.CCN=C(/C=C(\C)Oc1cccc(N)c1)C1=C(C)C=C(C)C(C)S1.[HH]. The van der Waals surface area contributed by atoms with Gasteiger partial charge in [0, 0.05) is 36.0 Å². The Balaban J connectivity index is 0. The number of hydrogen-bond donors (Lipinski definition) is 1. The molecule has 1 unspecified atom stereocenters. The monoisotopic (exact) mass is 404 g/mol. The van der Waals surface area contributed by atoms with Gasteiger partial charge < -0.3 is 10.5 Å². The van der Waals surface area contributed by atoms with Crippen LogP contribution in [0.4, 0.5) is 5.69 Å². The number of thioether (sulfide) groups is 1. The number of ether oxygens (including phenoxy) is 1. The molecular weight excluding hydrogens is 364 g/mol. The van der Waals surface area contributed by atoms with E-state index in [1.165, 1.54) is 16.1 Å². The molecule has 1 aromatic rings. The summed E-state index contributed by atoms with van der Waals surface area (Å²) in [7, 11) is 0. The Hall–Kier alpha value is -1.94. The van der Waals surface area contributed by atoms with Crippen molar-refractivity contribution in [3.05, 3.63) is 58.2 Å². The molecule has 2 rings (SSSR count). The fourth-order valence-corrected chi connectivity index (χ4v) is 3.59. The molecule has 2 N–H and O–H groups in total. The predicted molar refractivity (Wildman–Crippen MR) is 132 cm³/mol. The van der Waals surface area contributed by atoms with Crippen LogP contribution in [0.15, 0.2) is 63.2 Å². The van der Waals surface area contributed by atoms with E-state index in [9.17, 15) is 0 Å². The zero-order valence-electron chi connectivity index (χ0n) is 19.1. The molecule has 1 aliphatic heterocycles. The van der Waals surface area contributed by atoms with Crippen LogP contribution in [0.25, 0.3) is 0 Å². The predicted octanol–water partition coefficient (Wildman–Crippen LogP) is 7.67. The third-order valence-electron chi connectivity index (χ3n) is 3.78. The zero-order chi connectivity index (χ0) is 21.7. The lowest BCUT2D eigenvalue weighted by Crippen LogP contribution is -2.11. The molecular formula is C24H40N2OS. The highest BCUT2D eigenvalue weighted by atomic mass is 32.2. The number of nitrogens with two attached hydrogens (primary N) is 1. The molecule has 0 bridgehead atoms. The number of nitrogens with zero attached hydrogens (tertiary/aromatic N) is 1. The lowest BCUT2D eigenvalue weighted by Gasteiger charge is -2.22. The van der Waals surface area contributed by atoms with Crippen LogP contribution in [0.2, 0.25) is 0 Å². The van der Waals surface area contributed by atoms with E-state index in [1.807, 2.05) is 76.7 Å². The minimum atomic E-state index is 0. The third-order valence-corrected chi connectivity index (χ3v) is 5.27. The molecule has 0 radical (unpaired) electrons. The van der Waals surface area contributed by atoms with Gasteiger partial charge in [-0.15, -0.1) is 11.8 Å². The molecule has 4 heteroatoms. The van der Waals surface area contributed by atoms with Gasteiger partial charge in [-0.1, -0.05) is 45.4 Å². The topological polar surface area (TPSA) is 47.6 Å². The van der Waals surface area contributed by atoms with Crippen molar-refractivity contribution in [3.63, 3.8) is 0 Å². The minimum absolute atomic E-state index is 0. The number of nitrogen functional groups attached to an aromatic ring is 1. The second-order valence-corrected chi connectivity index (χ2v) is 7.30. The molecule has 0 saturated heterocycles. The van der Waals surface area contributed by atoms with Crippen molar-refractivity contribution in [2.75, 3.05) is 12.3 Å². The Kier molecular flexibility index (Phi) is 13.1. The van der Waals surface area contributed by atoms with E-state index in [2.05, 4.69) is 38.8 Å². The number of rotatable bonds is 5. The van der Waals surface area contributed by atoms with E-state index >= 15 is 0 Å². The molecule has 1 aromatic carbocycles. The molecule has 158 valence electrons. The number of hydrogen-bond acceptors (Lipinski definition) is 4. The fourth-order valence-electron chi connectivity index (χ4n) is 2.49. The highest BCUT2D eigenvalue weighted by Gasteiger charge is 2.19. The lowest BCUT2D eigenvalue weighted by atomic mass is 10.1. The van der Waals surface area contributed by atoms with Gasteiger partial charge in [-0.2, -0.15) is 0 Å². The molecule has 1 aliphatic rings. The Morgan fingerprint density at radius 1 is 1.25 bits per heavy atom. The molecule has 28 heavy (non-hydrogen) atoms. The summed E-state index contributed by atoms with van der Waals surface area (Å²) in [6.45, 7) is 19.3. The highest BCUT2D eigenvalue weighted by molar-refractivity contribution is 8.04. The number of allylic oxidation sites excluding steroid dienone is 5. The Morgan fingerprint density at radius 2 is 1.89 bits per heavy atom. The molecule has 0 amide bonds. The average molecular weight is 405 g/mol. The summed E-state index contributed by atoms with van der Waals surface area (Å²) in [6, 6.07) is 7.46. The van der Waals surface area contributed by atoms with Crippen molar-refractivity contribution in [1.82, 2.24) is 0 Å². The maximum absolute atomic E-state index is 5.90. The number of benzene rings is 1. The molecule has 0 fully saturated rings. The van der Waals surface area contributed by atoms with Crippen LogP contribution in [0, 0.1) is 0 Å². The molecule has 0 aromatic heterocycles. The van der Waals surface area contributed by atoms with Gasteiger partial charge in [-0.3, -0.25) is 4.99 Å². The molecule has 0 saturated carbocycles. The van der Waals surface area contributed by atoms with Crippen molar-refractivity contribution in [2.24, 2.45) is 4.99 Å². The smallest absolute Gasteiger partial charge is 0.128 e. The fraction of sp³-hybridized carbons (Fsp3) is 0.458. The van der Waals surface area contributed by atoms with Gasteiger partial charge in [0.25, 0.3) is 0 Å². The second-order valence-electron chi connectivity index (χ2n) is 5.95. The molecule has 3 nitrogen and oxygen atoms in total. The largest absolute Gasteiger partial charge is 0.462 e. The number of aliphatic imine (C=N–C) groups is 1. The lowest BCUT2D eigenvalue weighted by molar-refractivity contribution is 0.429. The van der Waals surface area contributed by atoms with Crippen molar-refractivity contribution < 1.29 is 6.16 Å². The summed E-state index contributed by atoms with van der Waals surface area (Å²) in [6.07, 6.45) is 4.27. The van der Waals surface area contributed by atoms with E-state index in [0.717, 1.165) is 23.8 Å². The molecule has 1 heterocycles. The van der Waals surface area contributed by atoms with E-state index < -0.39 is 0 Å². The van der Waals surface area contributed by atoms with E-state index in [1.54, 1.807) is 0 Å². The van der Waals surface area contributed by atoms with Crippen molar-refractivity contribution in [2.45, 2.75) is 67.6 Å². The minimum Gasteiger partial charge on any atom is -0.462 e. The van der Waals surface area contributed by atoms with E-state index in [4.69, 9.17) is 10.5 Å². The van der Waals surface area contributed by atoms with Crippen molar-refractivity contribution in [1.29, 1.82) is 0 Å². The summed E-state index contributed by atoms with van der Waals surface area (Å²) in [5.74, 6) is 1.54. The van der Waals surface area contributed by atoms with Gasteiger partial charge in [-0.25, -0.2) is 0 Å². The van der Waals surface area contributed by atoms with Gasteiger partial charge >= 0.3 is 0 Å². The molecule has 1 atom stereocenters. The standard InChI is InChI=1S/C20H26N2OS.2C2H6.H2/c1-6-22-19(20-14(3)10-13(2)16(5)24-20)11-15(4)23-18-9-7-8-17(21)12-18;2*1-2;/h7-12,16H,6,21H2,1-5H3;2*1-2H3;1H/b15-11+,22-19?;;;. The first kappa shape index (κ1) is 26.1. The zero-order valence-corrected chi connectivity index (χ0v) is 19.9. The molecule has 0 spiro atoms. The van der Waals surface area contributed by atoms with Crippen LogP contribution in [0.3, 0.4) is 0 Å². The van der Waals surface area contributed by atoms with Gasteiger partial charge in [0.2, 0.25) is 0 Å². The first-order valence-corrected chi connectivity index (χ1v) is 11.1. The Labute approximate surface area is 178 Å². The van der Waals surface area contributed by atoms with Gasteiger partial charge in [0.05, 0.1) is 5.71 Å². The second kappa shape index (κ2) is 14.1. The van der Waals surface area contributed by atoms with Crippen molar-refractivity contribution >= 4 is 23.2 Å². The summed E-state index contributed by atoms with van der Waals surface area (Å²) in [4.78, 5) is 5.91. The van der Waals surface area contributed by atoms with Crippen LogP contribution in [0.1, 0.15) is 63.7 Å². The highest BCUT2D eigenvalue weighted by Crippen LogP contribution is 2.36. The van der Waals surface area contributed by atoms with E-state index in [0.29, 0.717) is 10.9 Å². The first-order valence-electron chi connectivity index (χ1n) is 10.2. The summed E-state index contributed by atoms with van der Waals surface area (Å²) >= 11 is 1.86. The maximum atomic E-state index is 5.90. The van der Waals surface area contributed by atoms with Gasteiger partial charge in [0.15, 0.2) is 0 Å². The normalized spacial score (nSPS) is 17.0.